The molecular weight excluding hydrogens is 342 g/mol. The largest absolute Gasteiger partial charge is 0.478 e. The van der Waals surface area contributed by atoms with Gasteiger partial charge in [0.2, 0.25) is 17.7 Å². The highest BCUT2D eigenvalue weighted by atomic mass is 16.4. The fraction of sp³-hybridized carbons (Fsp3) is 0.412. The number of amides is 3. The van der Waals surface area contributed by atoms with Crippen molar-refractivity contribution < 1.29 is 29.4 Å². The molecule has 9 nitrogen and oxygen atoms in total. The third-order valence-corrected chi connectivity index (χ3v) is 4.29. The minimum atomic E-state index is -1.07. The van der Waals surface area contributed by atoms with Crippen LogP contribution in [0.4, 0.5) is 0 Å². The average Bonchev–Trinajstić information content (AvgIpc) is 2.97. The van der Waals surface area contributed by atoms with Crippen LogP contribution in [-0.4, -0.2) is 63.5 Å². The van der Waals surface area contributed by atoms with Gasteiger partial charge in [0.25, 0.3) is 0 Å². The van der Waals surface area contributed by atoms with E-state index < -0.39 is 36.0 Å². The van der Waals surface area contributed by atoms with Gasteiger partial charge in [-0.1, -0.05) is 12.1 Å². The molecule has 140 valence electrons. The van der Waals surface area contributed by atoms with E-state index in [0.717, 1.165) is 0 Å². The molecule has 1 aromatic rings. The van der Waals surface area contributed by atoms with E-state index in [2.05, 4.69) is 5.32 Å². The molecule has 1 saturated heterocycles. The second kappa shape index (κ2) is 7.96. The van der Waals surface area contributed by atoms with Crippen LogP contribution >= 0.6 is 0 Å². The van der Waals surface area contributed by atoms with Gasteiger partial charge in [0.15, 0.2) is 0 Å². The van der Waals surface area contributed by atoms with Gasteiger partial charge < -0.3 is 26.2 Å². The zero-order chi connectivity index (χ0) is 19.4. The van der Waals surface area contributed by atoms with Crippen LogP contribution in [0.5, 0.6) is 0 Å². The topological polar surface area (TPSA) is 150 Å². The summed E-state index contributed by atoms with van der Waals surface area (Å²) in [5.74, 6) is -2.74. The van der Waals surface area contributed by atoms with Crippen molar-refractivity contribution in [1.82, 2.24) is 10.2 Å². The summed E-state index contributed by atoms with van der Waals surface area (Å²) in [5.41, 5.74) is 6.08. The number of aliphatic hydroxyl groups is 1. The standard InChI is InChI=1S/C17H21N3O6/c1-9(21)20-8-12(22)7-14(20)16(24)19-13(15(18)23)6-10-2-4-11(5-3-10)17(25)26/h2-5,12-14,22H,6-8H2,1H3,(H2,18,23)(H,19,24)(H,25,26)/t12-,13+,14+/m1/s1. The van der Waals surface area contributed by atoms with E-state index in [-0.39, 0.29) is 30.9 Å². The number of aromatic carboxylic acids is 1. The first-order valence-electron chi connectivity index (χ1n) is 8.06. The molecule has 1 fully saturated rings. The highest BCUT2D eigenvalue weighted by Crippen LogP contribution is 2.18. The number of benzene rings is 1. The van der Waals surface area contributed by atoms with Gasteiger partial charge in [-0.2, -0.15) is 0 Å². The zero-order valence-corrected chi connectivity index (χ0v) is 14.2. The van der Waals surface area contributed by atoms with Gasteiger partial charge >= 0.3 is 5.97 Å². The number of hydrogen-bond donors (Lipinski definition) is 4. The second-order valence-electron chi connectivity index (χ2n) is 6.25. The molecule has 0 saturated carbocycles. The fourth-order valence-corrected chi connectivity index (χ4v) is 2.92. The lowest BCUT2D eigenvalue weighted by Gasteiger charge is -2.24. The zero-order valence-electron chi connectivity index (χ0n) is 14.2. The minimum Gasteiger partial charge on any atom is -0.478 e. The highest BCUT2D eigenvalue weighted by molar-refractivity contribution is 5.92. The van der Waals surface area contributed by atoms with Gasteiger partial charge in [-0.05, 0) is 17.7 Å². The quantitative estimate of drug-likeness (QED) is 0.503. The Balaban J connectivity index is 2.07. The molecule has 9 heteroatoms. The average molecular weight is 363 g/mol. The maximum atomic E-state index is 12.5. The summed E-state index contributed by atoms with van der Waals surface area (Å²) >= 11 is 0. The van der Waals surface area contributed by atoms with Crippen molar-refractivity contribution in [2.45, 2.75) is 38.0 Å². The smallest absolute Gasteiger partial charge is 0.335 e. The molecule has 0 unspecified atom stereocenters. The number of nitrogens with one attached hydrogen (secondary N) is 1. The molecule has 1 heterocycles. The van der Waals surface area contributed by atoms with Gasteiger partial charge in [-0.15, -0.1) is 0 Å². The van der Waals surface area contributed by atoms with Gasteiger partial charge in [-0.25, -0.2) is 4.79 Å². The SMILES string of the molecule is CC(=O)N1C[C@H](O)C[C@H]1C(=O)N[C@@H](Cc1ccc(C(=O)O)cc1)C(N)=O. The Hall–Kier alpha value is -2.94. The van der Waals surface area contributed by atoms with Gasteiger partial charge in [0, 0.05) is 26.3 Å². The maximum absolute atomic E-state index is 12.5. The molecule has 3 amide bonds. The molecule has 3 atom stereocenters. The summed E-state index contributed by atoms with van der Waals surface area (Å²) in [4.78, 5) is 47.9. The van der Waals surface area contributed by atoms with Crippen LogP contribution in [0.1, 0.15) is 29.3 Å². The first kappa shape index (κ1) is 19.4. The van der Waals surface area contributed by atoms with Crippen LogP contribution in [-0.2, 0) is 20.8 Å². The van der Waals surface area contributed by atoms with Crippen molar-refractivity contribution in [1.29, 1.82) is 0 Å². The number of β-amino-alcohol motifs (C(OH)–C–C–N with tert-alkyl or cyclic N) is 1. The minimum absolute atomic E-state index is 0.0608. The van der Waals surface area contributed by atoms with Crippen molar-refractivity contribution in [3.8, 4) is 0 Å². The second-order valence-corrected chi connectivity index (χ2v) is 6.25. The third kappa shape index (κ3) is 4.57. The molecule has 2 rings (SSSR count). The number of carbonyl (C=O) groups is 4. The molecule has 0 spiro atoms. The molecule has 0 aliphatic carbocycles. The Bertz CT molecular complexity index is 718. The molecule has 1 aliphatic heterocycles. The Labute approximate surface area is 149 Å². The van der Waals surface area contributed by atoms with E-state index in [1.54, 1.807) is 0 Å². The number of aliphatic hydroxyl groups excluding tert-OH is 1. The predicted octanol–water partition coefficient (Wildman–Crippen LogP) is -1.12. The van der Waals surface area contributed by atoms with Crippen molar-refractivity contribution in [2.75, 3.05) is 6.54 Å². The number of rotatable bonds is 6. The van der Waals surface area contributed by atoms with Crippen LogP contribution in [0.3, 0.4) is 0 Å². The number of hydrogen-bond acceptors (Lipinski definition) is 5. The number of primary amides is 1. The normalized spacial score (nSPS) is 20.5. The first-order chi connectivity index (χ1) is 12.2. The Morgan fingerprint density at radius 1 is 1.27 bits per heavy atom. The summed E-state index contributed by atoms with van der Waals surface area (Å²) < 4.78 is 0. The number of carboxylic acids is 1. The molecule has 1 aliphatic rings. The Kier molecular flexibility index (Phi) is 5.93. The van der Waals surface area contributed by atoms with Crippen LogP contribution in [0.2, 0.25) is 0 Å². The van der Waals surface area contributed by atoms with Crippen molar-refractivity contribution in [2.24, 2.45) is 5.73 Å². The Morgan fingerprint density at radius 3 is 2.38 bits per heavy atom. The van der Waals surface area contributed by atoms with Crippen molar-refractivity contribution in [3.05, 3.63) is 35.4 Å². The number of likely N-dealkylation sites (tertiary alicyclic amines) is 1. The molecule has 1 aromatic carbocycles. The summed E-state index contributed by atoms with van der Waals surface area (Å²) in [6.07, 6.45) is -0.634. The summed E-state index contributed by atoms with van der Waals surface area (Å²) in [7, 11) is 0. The van der Waals surface area contributed by atoms with Crippen molar-refractivity contribution in [3.63, 3.8) is 0 Å². The van der Waals surface area contributed by atoms with Gasteiger partial charge in [0.05, 0.1) is 11.7 Å². The maximum Gasteiger partial charge on any atom is 0.335 e. The van der Waals surface area contributed by atoms with Crippen LogP contribution in [0.15, 0.2) is 24.3 Å². The molecule has 5 N–H and O–H groups in total. The van der Waals surface area contributed by atoms with Crippen molar-refractivity contribution >= 4 is 23.7 Å². The number of carboxylic acid groups (broad SMARTS) is 1. The van der Waals surface area contributed by atoms with Crippen LogP contribution in [0.25, 0.3) is 0 Å². The number of carbonyl (C=O) groups excluding carboxylic acids is 3. The lowest BCUT2D eigenvalue weighted by molar-refractivity contribution is -0.138. The van der Waals surface area contributed by atoms with E-state index in [1.165, 1.54) is 36.1 Å². The lowest BCUT2D eigenvalue weighted by atomic mass is 10.0. The van der Waals surface area contributed by atoms with Crippen LogP contribution < -0.4 is 11.1 Å². The summed E-state index contributed by atoms with van der Waals surface area (Å²) in [5, 5.41) is 21.1. The first-order valence-corrected chi connectivity index (χ1v) is 8.06. The van der Waals surface area contributed by atoms with E-state index >= 15 is 0 Å². The highest BCUT2D eigenvalue weighted by Gasteiger charge is 2.38. The summed E-state index contributed by atoms with van der Waals surface area (Å²) in [6, 6.07) is 3.97. The molecule has 0 bridgehead atoms. The fourth-order valence-electron chi connectivity index (χ4n) is 2.92. The van der Waals surface area contributed by atoms with Crippen LogP contribution in [0, 0.1) is 0 Å². The molecular formula is C17H21N3O6. The Morgan fingerprint density at radius 2 is 1.88 bits per heavy atom. The van der Waals surface area contributed by atoms with Gasteiger partial charge in [-0.3, -0.25) is 14.4 Å². The van der Waals surface area contributed by atoms with E-state index in [9.17, 15) is 24.3 Å². The number of nitrogens with zero attached hydrogens (tertiary/aromatic N) is 1. The third-order valence-electron chi connectivity index (χ3n) is 4.29. The molecule has 0 aromatic heterocycles. The monoisotopic (exact) mass is 363 g/mol. The molecule has 26 heavy (non-hydrogen) atoms. The van der Waals surface area contributed by atoms with E-state index in [4.69, 9.17) is 10.8 Å². The lowest BCUT2D eigenvalue weighted by Crippen LogP contribution is -2.52. The van der Waals surface area contributed by atoms with Gasteiger partial charge in [0.1, 0.15) is 12.1 Å². The van der Waals surface area contributed by atoms with E-state index in [1.807, 2.05) is 0 Å². The molecule has 0 radical (unpaired) electrons. The predicted molar refractivity (Wildman–Crippen MR) is 90.0 cm³/mol. The number of nitrogens with two attached hydrogens (primary N) is 1. The summed E-state index contributed by atoms with van der Waals surface area (Å²) in [6.45, 7) is 1.36. The van der Waals surface area contributed by atoms with E-state index in [0.29, 0.717) is 5.56 Å².